The standard InChI is InChI=1S/C21H32N6O/c1-17-23-20(26(3)24-17)16-27-13-6-7-18(15-27)9-10-21(28)25(2)14-11-19-8-4-5-12-22-19/h4-5,8,12,18H,6-7,9-11,13-16H2,1-3H3/t18-/m0/s1. The van der Waals surface area contributed by atoms with Crippen molar-refractivity contribution in [3.05, 3.63) is 41.7 Å². The number of aryl methyl sites for hydroxylation is 2. The Morgan fingerprint density at radius 1 is 1.36 bits per heavy atom. The highest BCUT2D eigenvalue weighted by atomic mass is 16.2. The average molecular weight is 385 g/mol. The van der Waals surface area contributed by atoms with Crippen molar-refractivity contribution in [1.29, 1.82) is 0 Å². The first-order chi connectivity index (χ1) is 13.5. The molecule has 3 heterocycles. The summed E-state index contributed by atoms with van der Waals surface area (Å²) in [5.41, 5.74) is 1.03. The molecule has 1 atom stereocenters. The Hall–Kier alpha value is -2.28. The second kappa shape index (κ2) is 9.78. The van der Waals surface area contributed by atoms with Gasteiger partial charge in [-0.05, 0) is 50.8 Å². The Morgan fingerprint density at radius 3 is 2.93 bits per heavy atom. The minimum Gasteiger partial charge on any atom is -0.345 e. The van der Waals surface area contributed by atoms with E-state index in [0.717, 1.165) is 56.4 Å². The number of likely N-dealkylation sites (N-methyl/N-ethyl adjacent to an activating group) is 1. The van der Waals surface area contributed by atoms with E-state index in [0.29, 0.717) is 12.3 Å². The SMILES string of the molecule is Cc1nc(CN2CCC[C@@H](CCC(=O)N(C)CCc3ccccn3)C2)n(C)n1. The van der Waals surface area contributed by atoms with E-state index in [1.807, 2.05) is 48.8 Å². The summed E-state index contributed by atoms with van der Waals surface area (Å²) in [4.78, 5) is 25.6. The monoisotopic (exact) mass is 384 g/mol. The summed E-state index contributed by atoms with van der Waals surface area (Å²) in [5, 5.41) is 4.34. The zero-order valence-corrected chi connectivity index (χ0v) is 17.3. The first kappa shape index (κ1) is 20.5. The molecule has 152 valence electrons. The molecule has 2 aromatic rings. The molecule has 1 amide bonds. The van der Waals surface area contributed by atoms with Gasteiger partial charge >= 0.3 is 0 Å². The van der Waals surface area contributed by atoms with Crippen LogP contribution >= 0.6 is 0 Å². The number of carbonyl (C=O) groups is 1. The zero-order valence-electron chi connectivity index (χ0n) is 17.3. The van der Waals surface area contributed by atoms with Crippen molar-refractivity contribution in [2.45, 2.75) is 45.6 Å². The number of piperidine rings is 1. The molecule has 28 heavy (non-hydrogen) atoms. The molecule has 1 aliphatic rings. The van der Waals surface area contributed by atoms with Crippen LogP contribution in [0.25, 0.3) is 0 Å². The molecule has 0 spiro atoms. The zero-order chi connectivity index (χ0) is 19.9. The maximum absolute atomic E-state index is 12.5. The topological polar surface area (TPSA) is 67.2 Å². The maximum atomic E-state index is 12.5. The molecule has 1 aliphatic heterocycles. The van der Waals surface area contributed by atoms with E-state index in [2.05, 4.69) is 20.0 Å². The summed E-state index contributed by atoms with van der Waals surface area (Å²) < 4.78 is 1.87. The summed E-state index contributed by atoms with van der Waals surface area (Å²) in [5.74, 6) is 2.65. The number of aromatic nitrogens is 4. The highest BCUT2D eigenvalue weighted by Crippen LogP contribution is 2.22. The molecule has 1 saturated heterocycles. The fourth-order valence-electron chi connectivity index (χ4n) is 3.90. The molecule has 0 bridgehead atoms. The van der Waals surface area contributed by atoms with Gasteiger partial charge in [-0.3, -0.25) is 19.4 Å². The van der Waals surface area contributed by atoms with Gasteiger partial charge in [0.2, 0.25) is 5.91 Å². The molecule has 0 radical (unpaired) electrons. The minimum atomic E-state index is 0.233. The van der Waals surface area contributed by atoms with Crippen molar-refractivity contribution in [3.63, 3.8) is 0 Å². The van der Waals surface area contributed by atoms with Crippen LogP contribution in [0, 0.1) is 12.8 Å². The van der Waals surface area contributed by atoms with Crippen molar-refractivity contribution in [1.82, 2.24) is 29.5 Å². The predicted molar refractivity (Wildman–Crippen MR) is 109 cm³/mol. The Balaban J connectivity index is 1.40. The number of pyridine rings is 1. The third kappa shape index (κ3) is 5.86. The van der Waals surface area contributed by atoms with Crippen LogP contribution in [0.3, 0.4) is 0 Å². The molecular formula is C21H32N6O. The maximum Gasteiger partial charge on any atom is 0.222 e. The number of likely N-dealkylation sites (tertiary alicyclic amines) is 1. The number of hydrogen-bond donors (Lipinski definition) is 0. The lowest BCUT2D eigenvalue weighted by atomic mass is 9.93. The summed E-state index contributed by atoms with van der Waals surface area (Å²) in [6.07, 6.45) is 6.58. The van der Waals surface area contributed by atoms with Crippen LogP contribution in [-0.2, 0) is 24.8 Å². The van der Waals surface area contributed by atoms with E-state index in [9.17, 15) is 4.79 Å². The summed E-state index contributed by atoms with van der Waals surface area (Å²) in [7, 11) is 3.85. The van der Waals surface area contributed by atoms with Crippen molar-refractivity contribution >= 4 is 5.91 Å². The first-order valence-electron chi connectivity index (χ1n) is 10.2. The Kier molecular flexibility index (Phi) is 7.14. The molecule has 7 heteroatoms. The van der Waals surface area contributed by atoms with Crippen molar-refractivity contribution in [2.24, 2.45) is 13.0 Å². The molecule has 0 saturated carbocycles. The van der Waals surface area contributed by atoms with Gasteiger partial charge in [0.25, 0.3) is 0 Å². The highest BCUT2D eigenvalue weighted by Gasteiger charge is 2.22. The third-order valence-electron chi connectivity index (χ3n) is 5.55. The van der Waals surface area contributed by atoms with Gasteiger partial charge in [0.05, 0.1) is 6.54 Å². The van der Waals surface area contributed by atoms with E-state index >= 15 is 0 Å². The van der Waals surface area contributed by atoms with Crippen LogP contribution in [0.1, 0.15) is 43.0 Å². The first-order valence-corrected chi connectivity index (χ1v) is 10.2. The van der Waals surface area contributed by atoms with Gasteiger partial charge in [-0.2, -0.15) is 5.10 Å². The van der Waals surface area contributed by atoms with Crippen LogP contribution in [-0.4, -0.2) is 62.1 Å². The largest absolute Gasteiger partial charge is 0.345 e. The third-order valence-corrected chi connectivity index (χ3v) is 5.55. The van der Waals surface area contributed by atoms with Gasteiger partial charge in [0.15, 0.2) is 0 Å². The van der Waals surface area contributed by atoms with E-state index in [-0.39, 0.29) is 5.91 Å². The second-order valence-electron chi connectivity index (χ2n) is 7.87. The molecule has 1 fully saturated rings. The highest BCUT2D eigenvalue weighted by molar-refractivity contribution is 5.75. The number of rotatable bonds is 8. The van der Waals surface area contributed by atoms with Crippen LogP contribution in [0.2, 0.25) is 0 Å². The Labute approximate surface area is 167 Å². The van der Waals surface area contributed by atoms with Gasteiger partial charge in [-0.15, -0.1) is 0 Å². The van der Waals surface area contributed by atoms with Gasteiger partial charge in [-0.1, -0.05) is 6.07 Å². The lowest BCUT2D eigenvalue weighted by Crippen LogP contribution is -2.36. The lowest BCUT2D eigenvalue weighted by Gasteiger charge is -2.32. The second-order valence-corrected chi connectivity index (χ2v) is 7.87. The molecular weight excluding hydrogens is 352 g/mol. The molecule has 0 unspecified atom stereocenters. The van der Waals surface area contributed by atoms with E-state index in [4.69, 9.17) is 0 Å². The minimum absolute atomic E-state index is 0.233. The number of carbonyl (C=O) groups excluding carboxylic acids is 1. The normalized spacial score (nSPS) is 17.6. The lowest BCUT2D eigenvalue weighted by molar-refractivity contribution is -0.130. The number of nitrogens with zero attached hydrogens (tertiary/aromatic N) is 6. The molecule has 2 aromatic heterocycles. The van der Waals surface area contributed by atoms with Crippen LogP contribution in [0.15, 0.2) is 24.4 Å². The van der Waals surface area contributed by atoms with E-state index < -0.39 is 0 Å². The van der Waals surface area contributed by atoms with Crippen LogP contribution in [0.4, 0.5) is 0 Å². The van der Waals surface area contributed by atoms with Crippen molar-refractivity contribution in [3.8, 4) is 0 Å². The molecule has 0 N–H and O–H groups in total. The fraction of sp³-hybridized carbons (Fsp3) is 0.619. The van der Waals surface area contributed by atoms with E-state index in [1.54, 1.807) is 6.20 Å². The number of amides is 1. The van der Waals surface area contributed by atoms with Crippen molar-refractivity contribution in [2.75, 3.05) is 26.7 Å². The molecule has 0 aromatic carbocycles. The van der Waals surface area contributed by atoms with Gasteiger partial charge < -0.3 is 4.90 Å². The predicted octanol–water partition coefficient (Wildman–Crippen LogP) is 2.21. The van der Waals surface area contributed by atoms with Gasteiger partial charge in [0, 0.05) is 51.9 Å². The summed E-state index contributed by atoms with van der Waals surface area (Å²) >= 11 is 0. The molecule has 3 rings (SSSR count). The van der Waals surface area contributed by atoms with E-state index in [1.165, 1.54) is 12.8 Å². The summed E-state index contributed by atoms with van der Waals surface area (Å²) in [6, 6.07) is 5.91. The Morgan fingerprint density at radius 2 is 2.21 bits per heavy atom. The van der Waals surface area contributed by atoms with Gasteiger partial charge in [0.1, 0.15) is 11.6 Å². The fourth-order valence-corrected chi connectivity index (χ4v) is 3.90. The quantitative estimate of drug-likeness (QED) is 0.698. The summed E-state index contributed by atoms with van der Waals surface area (Å²) in [6.45, 7) is 5.62. The van der Waals surface area contributed by atoms with Crippen molar-refractivity contribution < 1.29 is 4.79 Å². The van der Waals surface area contributed by atoms with Gasteiger partial charge in [-0.25, -0.2) is 4.98 Å². The Bertz CT molecular complexity index is 760. The number of hydrogen-bond acceptors (Lipinski definition) is 5. The van der Waals surface area contributed by atoms with Crippen LogP contribution in [0.5, 0.6) is 0 Å². The molecule has 7 nitrogen and oxygen atoms in total. The molecule has 0 aliphatic carbocycles. The smallest absolute Gasteiger partial charge is 0.222 e. The van der Waals surface area contributed by atoms with Crippen LogP contribution < -0.4 is 0 Å². The average Bonchev–Trinajstić information content (AvgIpc) is 3.02.